The van der Waals surface area contributed by atoms with Gasteiger partial charge in [-0.15, -0.1) is 0 Å². The summed E-state index contributed by atoms with van der Waals surface area (Å²) < 4.78 is 5.43. The van der Waals surface area contributed by atoms with Crippen LogP contribution in [0.5, 0.6) is 5.75 Å². The summed E-state index contributed by atoms with van der Waals surface area (Å²) in [4.78, 5) is 41.1. The average Bonchev–Trinajstić information content (AvgIpc) is 3.32. The zero-order chi connectivity index (χ0) is 27.9. The van der Waals surface area contributed by atoms with Gasteiger partial charge in [-0.25, -0.2) is 4.79 Å². The molecular formula is C30H41N3O5. The topological polar surface area (TPSA) is 108 Å². The Kier molecular flexibility index (Phi) is 9.78. The van der Waals surface area contributed by atoms with Gasteiger partial charge in [0.2, 0.25) is 11.8 Å². The molecular weight excluding hydrogens is 482 g/mol. The summed E-state index contributed by atoms with van der Waals surface area (Å²) in [7, 11) is 0. The highest BCUT2D eigenvalue weighted by Gasteiger charge is 2.38. The highest BCUT2D eigenvalue weighted by Crippen LogP contribution is 2.25. The number of phenols is 1. The molecule has 0 saturated carbocycles. The minimum Gasteiger partial charge on any atom is -0.508 e. The maximum Gasteiger partial charge on any atom is 0.408 e. The Morgan fingerprint density at radius 1 is 1.11 bits per heavy atom. The molecule has 3 rings (SSSR count). The van der Waals surface area contributed by atoms with Crippen LogP contribution in [-0.4, -0.2) is 58.7 Å². The fourth-order valence-corrected chi connectivity index (χ4v) is 4.92. The van der Waals surface area contributed by atoms with Gasteiger partial charge in [-0.05, 0) is 94.7 Å². The highest BCUT2D eigenvalue weighted by molar-refractivity contribution is 5.92. The van der Waals surface area contributed by atoms with Gasteiger partial charge < -0.3 is 25.4 Å². The van der Waals surface area contributed by atoms with Gasteiger partial charge in [-0.1, -0.05) is 30.3 Å². The predicted octanol–water partition coefficient (Wildman–Crippen LogP) is 4.18. The molecule has 2 aromatic carbocycles. The Labute approximate surface area is 225 Å². The van der Waals surface area contributed by atoms with Crippen LogP contribution >= 0.6 is 0 Å². The van der Waals surface area contributed by atoms with E-state index in [1.807, 2.05) is 32.0 Å². The van der Waals surface area contributed by atoms with Gasteiger partial charge in [0, 0.05) is 19.5 Å². The lowest BCUT2D eigenvalue weighted by Gasteiger charge is -2.30. The molecule has 0 bridgehead atoms. The number of aromatic hydroxyl groups is 1. The van der Waals surface area contributed by atoms with Crippen LogP contribution in [0.3, 0.4) is 0 Å². The average molecular weight is 524 g/mol. The van der Waals surface area contributed by atoms with Crippen molar-refractivity contribution < 1.29 is 24.2 Å². The van der Waals surface area contributed by atoms with E-state index in [1.165, 1.54) is 5.56 Å². The maximum absolute atomic E-state index is 13.8. The van der Waals surface area contributed by atoms with Crippen molar-refractivity contribution in [2.24, 2.45) is 0 Å². The Morgan fingerprint density at radius 3 is 2.39 bits per heavy atom. The molecule has 2 atom stereocenters. The highest BCUT2D eigenvalue weighted by atomic mass is 16.6. The first-order valence-corrected chi connectivity index (χ1v) is 13.4. The molecule has 0 spiro atoms. The lowest BCUT2D eigenvalue weighted by Crippen LogP contribution is -2.54. The van der Waals surface area contributed by atoms with Crippen LogP contribution in [0.1, 0.15) is 62.3 Å². The summed E-state index contributed by atoms with van der Waals surface area (Å²) in [6, 6.07) is 11.9. The first kappa shape index (κ1) is 29.0. The smallest absolute Gasteiger partial charge is 0.408 e. The number of nitrogens with one attached hydrogen (secondary N) is 2. The molecule has 1 saturated heterocycles. The maximum atomic E-state index is 13.8. The summed E-state index contributed by atoms with van der Waals surface area (Å²) in [5.74, 6) is -0.336. The number of rotatable bonds is 9. The number of benzene rings is 2. The normalized spacial score (nSPS) is 16.1. The summed E-state index contributed by atoms with van der Waals surface area (Å²) in [5.41, 5.74) is 2.99. The van der Waals surface area contributed by atoms with Crippen molar-refractivity contribution in [3.8, 4) is 5.75 Å². The fraction of sp³-hybridized carbons (Fsp3) is 0.500. The largest absolute Gasteiger partial charge is 0.508 e. The van der Waals surface area contributed by atoms with E-state index in [9.17, 15) is 19.5 Å². The molecule has 1 heterocycles. The van der Waals surface area contributed by atoms with Crippen LogP contribution in [0.15, 0.2) is 42.5 Å². The van der Waals surface area contributed by atoms with Crippen LogP contribution < -0.4 is 10.6 Å². The third kappa shape index (κ3) is 8.23. The van der Waals surface area contributed by atoms with E-state index in [1.54, 1.807) is 37.8 Å². The summed E-state index contributed by atoms with van der Waals surface area (Å²) in [6.45, 7) is 9.97. The van der Waals surface area contributed by atoms with Crippen LogP contribution in [0.25, 0.3) is 0 Å². The van der Waals surface area contributed by atoms with Crippen LogP contribution in [0.2, 0.25) is 0 Å². The molecule has 8 heteroatoms. The second-order valence-corrected chi connectivity index (χ2v) is 11.0. The van der Waals surface area contributed by atoms with Crippen molar-refractivity contribution in [1.82, 2.24) is 15.5 Å². The van der Waals surface area contributed by atoms with E-state index >= 15 is 0 Å². The lowest BCUT2D eigenvalue weighted by atomic mass is 9.95. The summed E-state index contributed by atoms with van der Waals surface area (Å²) >= 11 is 0. The number of carbonyl (C=O) groups excluding carboxylic acids is 3. The number of hydrogen-bond acceptors (Lipinski definition) is 5. The van der Waals surface area contributed by atoms with Gasteiger partial charge in [-0.2, -0.15) is 0 Å². The van der Waals surface area contributed by atoms with Crippen molar-refractivity contribution in [2.45, 2.75) is 84.4 Å². The molecule has 2 aromatic rings. The van der Waals surface area contributed by atoms with E-state index in [2.05, 4.69) is 22.8 Å². The fourth-order valence-electron chi connectivity index (χ4n) is 4.92. The second-order valence-electron chi connectivity index (χ2n) is 11.0. The van der Waals surface area contributed by atoms with Crippen molar-refractivity contribution in [1.29, 1.82) is 0 Å². The van der Waals surface area contributed by atoms with E-state index < -0.39 is 23.8 Å². The van der Waals surface area contributed by atoms with Crippen molar-refractivity contribution in [3.63, 3.8) is 0 Å². The number of alkyl carbamates (subject to hydrolysis) is 1. The summed E-state index contributed by atoms with van der Waals surface area (Å²) in [6.07, 6.45) is 2.49. The number of carbonyl (C=O) groups is 3. The van der Waals surface area contributed by atoms with E-state index in [0.29, 0.717) is 25.9 Å². The molecule has 38 heavy (non-hydrogen) atoms. The first-order valence-electron chi connectivity index (χ1n) is 13.4. The van der Waals surface area contributed by atoms with Gasteiger partial charge >= 0.3 is 6.09 Å². The predicted molar refractivity (Wildman–Crippen MR) is 147 cm³/mol. The van der Waals surface area contributed by atoms with E-state index in [0.717, 1.165) is 29.5 Å². The van der Waals surface area contributed by atoms with E-state index in [4.69, 9.17) is 4.74 Å². The SMILES string of the molecule is Cc1cc(O)cc(C)c1C[C@H](NC(=O)OC(C)(C)C)C(=O)N1CCC[C@@H]1C(=O)NCCCc1ccccc1. The molecule has 1 aliphatic heterocycles. The van der Waals surface area contributed by atoms with Crippen molar-refractivity contribution >= 4 is 17.9 Å². The van der Waals surface area contributed by atoms with E-state index in [-0.39, 0.29) is 24.0 Å². The number of phenolic OH excluding ortho intramolecular Hbond substituents is 1. The van der Waals surface area contributed by atoms with Crippen LogP contribution in [0, 0.1) is 13.8 Å². The molecule has 1 aliphatic rings. The molecule has 1 fully saturated rings. The zero-order valence-electron chi connectivity index (χ0n) is 23.2. The number of amides is 3. The van der Waals surface area contributed by atoms with Crippen LogP contribution in [-0.2, 0) is 27.2 Å². The van der Waals surface area contributed by atoms with Gasteiger partial charge in [0.1, 0.15) is 23.4 Å². The van der Waals surface area contributed by atoms with Gasteiger partial charge in [0.05, 0.1) is 0 Å². The summed E-state index contributed by atoms with van der Waals surface area (Å²) in [5, 5.41) is 15.7. The molecule has 206 valence electrons. The quantitative estimate of drug-likeness (QED) is 0.427. The third-order valence-electron chi connectivity index (χ3n) is 6.70. The second kappa shape index (κ2) is 12.8. The zero-order valence-corrected chi connectivity index (χ0v) is 23.2. The first-order chi connectivity index (χ1) is 17.9. The third-order valence-corrected chi connectivity index (χ3v) is 6.70. The number of nitrogens with zero attached hydrogens (tertiary/aromatic N) is 1. The number of ether oxygens (including phenoxy) is 1. The molecule has 0 radical (unpaired) electrons. The van der Waals surface area contributed by atoms with Crippen LogP contribution in [0.4, 0.5) is 4.79 Å². The molecule has 3 amide bonds. The molecule has 8 nitrogen and oxygen atoms in total. The minimum absolute atomic E-state index is 0.148. The molecule has 3 N–H and O–H groups in total. The Bertz CT molecular complexity index is 1100. The number of aryl methyl sites for hydroxylation is 3. The van der Waals surface area contributed by atoms with Gasteiger partial charge in [0.25, 0.3) is 0 Å². The minimum atomic E-state index is -0.918. The lowest BCUT2D eigenvalue weighted by molar-refractivity contribution is -0.140. The van der Waals surface area contributed by atoms with Crippen molar-refractivity contribution in [2.75, 3.05) is 13.1 Å². The number of likely N-dealkylation sites (tertiary alicyclic amines) is 1. The standard InChI is InChI=1S/C30H41N3O5/c1-20-17-23(34)18-21(2)24(20)19-25(32-29(37)38-30(3,4)5)28(36)33-16-10-14-26(33)27(35)31-15-9-13-22-11-7-6-8-12-22/h6-8,11-12,17-18,25-26,34H,9-10,13-16,19H2,1-5H3,(H,31,35)(H,32,37)/t25-,26+/m0/s1. The monoisotopic (exact) mass is 523 g/mol. The molecule has 0 aliphatic carbocycles. The Balaban J connectivity index is 1.71. The van der Waals surface area contributed by atoms with Crippen molar-refractivity contribution in [3.05, 3.63) is 64.7 Å². The van der Waals surface area contributed by atoms with Gasteiger partial charge in [0.15, 0.2) is 0 Å². The Morgan fingerprint density at radius 2 is 1.76 bits per heavy atom. The molecule has 0 unspecified atom stereocenters. The number of hydrogen-bond donors (Lipinski definition) is 3. The van der Waals surface area contributed by atoms with Gasteiger partial charge in [-0.3, -0.25) is 9.59 Å². The Hall–Kier alpha value is -3.55. The molecule has 0 aromatic heterocycles.